The molecule has 0 radical (unpaired) electrons. The van der Waals surface area contributed by atoms with Gasteiger partial charge in [0.2, 0.25) is 5.89 Å². The average molecular weight is 423 g/mol. The predicted octanol–water partition coefficient (Wildman–Crippen LogP) is 3.26. The van der Waals surface area contributed by atoms with E-state index in [2.05, 4.69) is 23.7 Å². The molecule has 0 saturated carbocycles. The van der Waals surface area contributed by atoms with E-state index >= 15 is 0 Å². The summed E-state index contributed by atoms with van der Waals surface area (Å²) in [4.78, 5) is 18.7. The molecule has 0 saturated heterocycles. The molecule has 1 heterocycles. The molecule has 1 aromatic heterocycles. The van der Waals surface area contributed by atoms with Crippen molar-refractivity contribution in [3.8, 4) is 17.2 Å². The highest BCUT2D eigenvalue weighted by Crippen LogP contribution is 2.26. The molecule has 160 valence electrons. The highest BCUT2D eigenvalue weighted by molar-refractivity contribution is 7.91. The van der Waals surface area contributed by atoms with Crippen LogP contribution in [-0.4, -0.2) is 56.6 Å². The molecule has 1 aromatic carbocycles. The number of aromatic nitrogens is 1. The summed E-state index contributed by atoms with van der Waals surface area (Å²) in [5.41, 5.74) is 1.03. The van der Waals surface area contributed by atoms with Gasteiger partial charge in [0.15, 0.2) is 9.84 Å². The summed E-state index contributed by atoms with van der Waals surface area (Å²) in [5.74, 6) is 0.381. The fraction of sp³-hybridized carbons (Fsp3) is 0.524. The van der Waals surface area contributed by atoms with Gasteiger partial charge in [-0.15, -0.1) is 0 Å². The van der Waals surface area contributed by atoms with Gasteiger partial charge in [0.1, 0.15) is 23.0 Å². The lowest BCUT2D eigenvalue weighted by atomic mass is 10.2. The van der Waals surface area contributed by atoms with Gasteiger partial charge >= 0.3 is 0 Å². The normalized spacial score (nSPS) is 11.8. The number of hydrogen-bond donors (Lipinski definition) is 0. The van der Waals surface area contributed by atoms with Crippen LogP contribution in [0.2, 0.25) is 0 Å². The molecule has 0 fully saturated rings. The molecule has 0 aliphatic rings. The number of aryl methyl sites for hydroxylation is 1. The second kappa shape index (κ2) is 10.5. The highest BCUT2D eigenvalue weighted by Gasteiger charge is 2.22. The summed E-state index contributed by atoms with van der Waals surface area (Å²) in [6.07, 6.45) is 0.932. The highest BCUT2D eigenvalue weighted by atomic mass is 32.2. The molecule has 0 N–H and O–H groups in total. The molecule has 29 heavy (non-hydrogen) atoms. The van der Waals surface area contributed by atoms with Gasteiger partial charge in [-0.1, -0.05) is 19.9 Å². The maximum Gasteiger partial charge on any atom is 0.226 e. The monoisotopic (exact) mass is 422 g/mol. The number of ketones is 1. The van der Waals surface area contributed by atoms with Crippen LogP contribution in [0.15, 0.2) is 28.7 Å². The van der Waals surface area contributed by atoms with E-state index in [-0.39, 0.29) is 18.0 Å². The Morgan fingerprint density at radius 2 is 1.97 bits per heavy atom. The van der Waals surface area contributed by atoms with E-state index in [4.69, 9.17) is 9.15 Å². The van der Waals surface area contributed by atoms with Gasteiger partial charge in [0.05, 0.1) is 18.6 Å². The number of sulfone groups is 1. The molecule has 0 amide bonds. The van der Waals surface area contributed by atoms with Crippen LogP contribution in [0.1, 0.15) is 38.1 Å². The Bertz CT molecular complexity index is 917. The lowest BCUT2D eigenvalue weighted by molar-refractivity contribution is -0.116. The summed E-state index contributed by atoms with van der Waals surface area (Å²) >= 11 is 0. The predicted molar refractivity (Wildman–Crippen MR) is 113 cm³/mol. The molecular formula is C21H30N2O5S. The SMILES string of the molecule is CCN(CC)CCCC(=O)CS(=O)(=O)Cc1nc(-c2cccc(OC)c2)oc1C. The molecule has 0 bridgehead atoms. The van der Waals surface area contributed by atoms with Gasteiger partial charge < -0.3 is 14.1 Å². The number of hydrogen-bond acceptors (Lipinski definition) is 7. The molecule has 2 rings (SSSR count). The number of oxazole rings is 1. The summed E-state index contributed by atoms with van der Waals surface area (Å²) in [5, 5.41) is 0. The number of Topliss-reactive ketones (excluding diaryl/α,β-unsaturated/α-hetero) is 1. The Kier molecular flexibility index (Phi) is 8.40. The zero-order valence-corrected chi connectivity index (χ0v) is 18.4. The number of nitrogens with zero attached hydrogens (tertiary/aromatic N) is 2. The van der Waals surface area contributed by atoms with Crippen LogP contribution in [0.25, 0.3) is 11.5 Å². The first kappa shape index (κ1) is 23.1. The van der Waals surface area contributed by atoms with Gasteiger partial charge in [-0.25, -0.2) is 13.4 Å². The first-order chi connectivity index (χ1) is 13.8. The molecule has 0 aliphatic carbocycles. The fourth-order valence-corrected chi connectivity index (χ4v) is 4.48. The zero-order chi connectivity index (χ0) is 21.4. The van der Waals surface area contributed by atoms with E-state index in [1.165, 1.54) is 0 Å². The van der Waals surface area contributed by atoms with Crippen LogP contribution in [0, 0.1) is 6.92 Å². The van der Waals surface area contributed by atoms with E-state index < -0.39 is 15.6 Å². The minimum Gasteiger partial charge on any atom is -0.497 e. The molecule has 7 nitrogen and oxygen atoms in total. The number of carbonyl (C=O) groups is 1. The Labute approximate surface area is 173 Å². The Balaban J connectivity index is 1.99. The van der Waals surface area contributed by atoms with Crippen LogP contribution in [0.3, 0.4) is 0 Å². The quantitative estimate of drug-likeness (QED) is 0.518. The first-order valence-corrected chi connectivity index (χ1v) is 11.6. The molecule has 0 spiro atoms. The fourth-order valence-electron chi connectivity index (χ4n) is 3.06. The van der Waals surface area contributed by atoms with Crippen LogP contribution in [0.5, 0.6) is 5.75 Å². The molecule has 0 atom stereocenters. The Morgan fingerprint density at radius 1 is 1.24 bits per heavy atom. The largest absolute Gasteiger partial charge is 0.497 e. The zero-order valence-electron chi connectivity index (χ0n) is 17.6. The lowest BCUT2D eigenvalue weighted by Gasteiger charge is -2.17. The maximum atomic E-state index is 12.5. The van der Waals surface area contributed by atoms with Gasteiger partial charge in [0, 0.05) is 12.0 Å². The Hall–Kier alpha value is -2.19. The third-order valence-electron chi connectivity index (χ3n) is 4.77. The maximum absolute atomic E-state index is 12.5. The smallest absolute Gasteiger partial charge is 0.226 e. The average Bonchev–Trinajstić information content (AvgIpc) is 3.04. The van der Waals surface area contributed by atoms with Gasteiger partial charge in [-0.05, 0) is 51.2 Å². The molecule has 0 unspecified atom stereocenters. The van der Waals surface area contributed by atoms with Crippen LogP contribution < -0.4 is 4.74 Å². The number of benzene rings is 1. The van der Waals surface area contributed by atoms with Crippen LogP contribution >= 0.6 is 0 Å². The standard InChI is InChI=1S/C21H30N2O5S/c1-5-23(6-2)12-8-10-18(24)14-29(25,26)15-20-16(3)28-21(22-20)17-9-7-11-19(13-17)27-4/h7,9,11,13H,5-6,8,10,12,14-15H2,1-4H3. The molecule has 8 heteroatoms. The second-order valence-corrected chi connectivity index (χ2v) is 9.02. The lowest BCUT2D eigenvalue weighted by Crippen LogP contribution is -2.25. The summed E-state index contributed by atoms with van der Waals surface area (Å²) in [7, 11) is -2.04. The van der Waals surface area contributed by atoms with Crippen LogP contribution in [0.4, 0.5) is 0 Å². The second-order valence-electron chi connectivity index (χ2n) is 6.96. The summed E-state index contributed by atoms with van der Waals surface area (Å²) in [6.45, 7) is 8.44. The number of methoxy groups -OCH3 is 1. The van der Waals surface area contributed by atoms with Gasteiger partial charge in [-0.2, -0.15) is 0 Å². The van der Waals surface area contributed by atoms with Crippen LogP contribution in [-0.2, 0) is 20.4 Å². The van der Waals surface area contributed by atoms with Crippen molar-refractivity contribution in [2.75, 3.05) is 32.5 Å². The van der Waals surface area contributed by atoms with E-state index in [9.17, 15) is 13.2 Å². The molecule has 0 aliphatic heterocycles. The van der Waals surface area contributed by atoms with Crippen molar-refractivity contribution in [1.82, 2.24) is 9.88 Å². The van der Waals surface area contributed by atoms with Crippen molar-refractivity contribution in [1.29, 1.82) is 0 Å². The molecular weight excluding hydrogens is 392 g/mol. The topological polar surface area (TPSA) is 89.7 Å². The van der Waals surface area contributed by atoms with E-state index in [0.717, 1.165) is 19.6 Å². The van der Waals surface area contributed by atoms with Crippen molar-refractivity contribution in [2.45, 2.75) is 39.4 Å². The number of rotatable bonds is 12. The van der Waals surface area contributed by atoms with Crippen molar-refractivity contribution in [3.63, 3.8) is 0 Å². The van der Waals surface area contributed by atoms with E-state index in [1.54, 1.807) is 32.2 Å². The van der Waals surface area contributed by atoms with Crippen molar-refractivity contribution in [3.05, 3.63) is 35.7 Å². The minimum atomic E-state index is -3.61. The van der Waals surface area contributed by atoms with Crippen molar-refractivity contribution < 1.29 is 22.4 Å². The first-order valence-electron chi connectivity index (χ1n) is 9.83. The van der Waals surface area contributed by atoms with Crippen molar-refractivity contribution in [2.24, 2.45) is 0 Å². The van der Waals surface area contributed by atoms with Crippen molar-refractivity contribution >= 4 is 15.6 Å². The number of ether oxygens (including phenoxy) is 1. The summed E-state index contributed by atoms with van der Waals surface area (Å²) < 4.78 is 35.8. The Morgan fingerprint density at radius 3 is 2.62 bits per heavy atom. The van der Waals surface area contributed by atoms with Gasteiger partial charge in [0.25, 0.3) is 0 Å². The minimum absolute atomic E-state index is 0.258. The third-order valence-corrected chi connectivity index (χ3v) is 6.25. The van der Waals surface area contributed by atoms with Gasteiger partial charge in [-0.3, -0.25) is 4.79 Å². The molecule has 2 aromatic rings. The van der Waals surface area contributed by atoms with E-state index in [0.29, 0.717) is 35.1 Å². The third kappa shape index (κ3) is 6.97. The number of carbonyl (C=O) groups excluding carboxylic acids is 1. The summed E-state index contributed by atoms with van der Waals surface area (Å²) in [6, 6.07) is 7.19. The van der Waals surface area contributed by atoms with E-state index in [1.807, 2.05) is 6.07 Å².